The van der Waals surface area contributed by atoms with Crippen molar-refractivity contribution in [2.24, 2.45) is 5.41 Å². The highest BCUT2D eigenvalue weighted by Gasteiger charge is 2.55. The largest absolute Gasteiger partial charge is 0.466 e. The minimum atomic E-state index is -0.604. The second kappa shape index (κ2) is 7.66. The van der Waals surface area contributed by atoms with Crippen molar-refractivity contribution in [3.63, 3.8) is 0 Å². The molecule has 0 saturated carbocycles. The zero-order valence-electron chi connectivity index (χ0n) is 14.6. The number of allylic oxidation sites excluding steroid dienone is 3. The second-order valence-electron chi connectivity index (χ2n) is 5.84. The van der Waals surface area contributed by atoms with Gasteiger partial charge in [-0.3, -0.25) is 0 Å². The summed E-state index contributed by atoms with van der Waals surface area (Å²) in [5.74, 6) is 3.33. The molecule has 0 spiro atoms. The van der Waals surface area contributed by atoms with E-state index < -0.39 is 17.4 Å². The number of esters is 2. The van der Waals surface area contributed by atoms with Crippen LogP contribution in [0, 0.1) is 5.41 Å². The third-order valence-electron chi connectivity index (χ3n) is 4.44. The van der Waals surface area contributed by atoms with Crippen LogP contribution in [0.15, 0.2) is 30.8 Å². The predicted octanol–water partition coefficient (Wildman–Crippen LogP) is 4.05. The summed E-state index contributed by atoms with van der Waals surface area (Å²) in [7, 11) is 2.70. The molecule has 0 radical (unpaired) electrons. The molecule has 0 aromatic heterocycles. The van der Waals surface area contributed by atoms with Crippen LogP contribution in [0.25, 0.3) is 0 Å². The van der Waals surface area contributed by atoms with E-state index >= 15 is 0 Å². The van der Waals surface area contributed by atoms with Crippen molar-refractivity contribution >= 4 is 59.0 Å². The van der Waals surface area contributed by atoms with Gasteiger partial charge in [0.15, 0.2) is 0 Å². The molecule has 3 rings (SSSR count). The number of hydrogen-bond donors (Lipinski definition) is 0. The maximum Gasteiger partial charge on any atom is 0.345 e. The van der Waals surface area contributed by atoms with Crippen molar-refractivity contribution in [1.82, 2.24) is 0 Å². The van der Waals surface area contributed by atoms with Gasteiger partial charge in [-0.15, -0.1) is 23.5 Å². The van der Waals surface area contributed by atoms with E-state index in [-0.39, 0.29) is 0 Å². The molecule has 4 nitrogen and oxygen atoms in total. The summed E-state index contributed by atoms with van der Waals surface area (Å²) in [6, 6.07) is 0. The average Bonchev–Trinajstić information content (AvgIpc) is 3.07. The number of hydrogen-bond acceptors (Lipinski definition) is 8. The van der Waals surface area contributed by atoms with Crippen LogP contribution in [-0.4, -0.2) is 49.2 Å². The van der Waals surface area contributed by atoms with Gasteiger partial charge in [-0.25, -0.2) is 9.59 Å². The number of ether oxygens (including phenoxy) is 2. The van der Waals surface area contributed by atoms with Gasteiger partial charge in [0, 0.05) is 37.7 Å². The Labute approximate surface area is 165 Å². The average molecular weight is 417 g/mol. The molecule has 0 fully saturated rings. The van der Waals surface area contributed by atoms with Crippen LogP contribution in [0.2, 0.25) is 0 Å². The van der Waals surface area contributed by atoms with Gasteiger partial charge in [-0.1, -0.05) is 11.8 Å². The maximum atomic E-state index is 12.6. The Morgan fingerprint density at radius 1 is 0.960 bits per heavy atom. The first-order chi connectivity index (χ1) is 12.0. The summed E-state index contributed by atoms with van der Waals surface area (Å²) in [6.07, 6.45) is 0. The fourth-order valence-electron chi connectivity index (χ4n) is 3.29. The highest BCUT2D eigenvalue weighted by atomic mass is 32.2. The fourth-order valence-corrected chi connectivity index (χ4v) is 8.85. The summed E-state index contributed by atoms with van der Waals surface area (Å²) < 4.78 is 9.97. The smallest absolute Gasteiger partial charge is 0.345 e. The van der Waals surface area contributed by atoms with Gasteiger partial charge in [0.25, 0.3) is 0 Å². The topological polar surface area (TPSA) is 52.6 Å². The first-order valence-corrected chi connectivity index (χ1v) is 11.8. The Kier molecular flexibility index (Phi) is 5.92. The minimum Gasteiger partial charge on any atom is -0.466 e. The highest BCUT2D eigenvalue weighted by molar-refractivity contribution is 8.10. The van der Waals surface area contributed by atoms with Crippen molar-refractivity contribution in [2.45, 2.75) is 13.8 Å². The molecule has 0 bridgehead atoms. The van der Waals surface area contributed by atoms with Crippen molar-refractivity contribution < 1.29 is 19.1 Å². The second-order valence-corrected chi connectivity index (χ2v) is 10.3. The van der Waals surface area contributed by atoms with Gasteiger partial charge in [-0.05, 0) is 19.4 Å². The van der Waals surface area contributed by atoms with Crippen molar-refractivity contribution in [1.29, 1.82) is 0 Å². The minimum absolute atomic E-state index is 0.359. The van der Waals surface area contributed by atoms with Gasteiger partial charge < -0.3 is 9.47 Å². The van der Waals surface area contributed by atoms with E-state index in [0.29, 0.717) is 10.5 Å². The Morgan fingerprint density at radius 2 is 1.60 bits per heavy atom. The van der Waals surface area contributed by atoms with Crippen LogP contribution in [0.1, 0.15) is 13.8 Å². The van der Waals surface area contributed by atoms with Gasteiger partial charge in [0.05, 0.1) is 25.2 Å². The lowest BCUT2D eigenvalue weighted by Gasteiger charge is -2.27. The lowest BCUT2D eigenvalue weighted by atomic mass is 9.82. The summed E-state index contributed by atoms with van der Waals surface area (Å²) in [6.45, 7) is 4.14. The molecule has 2 aliphatic heterocycles. The van der Waals surface area contributed by atoms with Gasteiger partial charge in [0.2, 0.25) is 0 Å². The Hall–Kier alpha value is -0.440. The number of thioether (sulfide) groups is 4. The molecule has 2 heterocycles. The lowest BCUT2D eigenvalue weighted by molar-refractivity contribution is -0.139. The highest BCUT2D eigenvalue weighted by Crippen LogP contribution is 2.67. The molecule has 136 valence electrons. The normalized spacial score (nSPS) is 26.7. The molecule has 1 atom stereocenters. The lowest BCUT2D eigenvalue weighted by Crippen LogP contribution is -2.25. The Morgan fingerprint density at radius 3 is 2.24 bits per heavy atom. The van der Waals surface area contributed by atoms with Gasteiger partial charge >= 0.3 is 11.9 Å². The predicted molar refractivity (Wildman–Crippen MR) is 109 cm³/mol. The van der Waals surface area contributed by atoms with E-state index in [1.807, 2.05) is 30.4 Å². The summed E-state index contributed by atoms with van der Waals surface area (Å²) in [4.78, 5) is 28.8. The molecule has 0 saturated heterocycles. The van der Waals surface area contributed by atoms with Gasteiger partial charge in [0.1, 0.15) is 4.91 Å². The van der Waals surface area contributed by atoms with Crippen LogP contribution >= 0.6 is 47.0 Å². The first-order valence-electron chi connectivity index (χ1n) is 7.85. The van der Waals surface area contributed by atoms with Crippen molar-refractivity contribution in [2.75, 3.05) is 37.2 Å². The van der Waals surface area contributed by atoms with Crippen LogP contribution in [0.5, 0.6) is 0 Å². The zero-order chi connectivity index (χ0) is 18.2. The summed E-state index contributed by atoms with van der Waals surface area (Å²) in [5.41, 5.74) is 0.992. The molecular weight excluding hydrogens is 396 g/mol. The molecule has 8 heteroatoms. The fraction of sp³-hybridized carbons (Fsp3) is 0.529. The number of fused-ring (bicyclic) bond motifs is 2. The van der Waals surface area contributed by atoms with Gasteiger partial charge in [-0.2, -0.15) is 11.8 Å². The molecular formula is C17H20O4S4. The Balaban J connectivity index is 2.17. The first kappa shape index (κ1) is 19.3. The molecule has 1 aliphatic carbocycles. The molecule has 0 amide bonds. The number of methoxy groups -OCH3 is 2. The molecule has 3 aliphatic rings. The third kappa shape index (κ3) is 3.09. The summed E-state index contributed by atoms with van der Waals surface area (Å²) in [5, 5.41) is 0. The van der Waals surface area contributed by atoms with Crippen molar-refractivity contribution in [3.8, 4) is 0 Å². The SMILES string of the molecule is COC(=O)C1=C(C(=O)OC)C2(C)C(=C(C)C3=C2SCCSCCS3)S1. The van der Waals surface area contributed by atoms with E-state index in [0.717, 1.165) is 27.9 Å². The van der Waals surface area contributed by atoms with E-state index in [2.05, 4.69) is 6.92 Å². The van der Waals surface area contributed by atoms with Crippen LogP contribution in [0.4, 0.5) is 0 Å². The van der Waals surface area contributed by atoms with Crippen LogP contribution in [-0.2, 0) is 19.1 Å². The van der Waals surface area contributed by atoms with Crippen LogP contribution < -0.4 is 0 Å². The van der Waals surface area contributed by atoms with E-state index in [4.69, 9.17) is 9.47 Å². The van der Waals surface area contributed by atoms with Crippen LogP contribution in [0.3, 0.4) is 0 Å². The monoisotopic (exact) mass is 416 g/mol. The number of rotatable bonds is 2. The zero-order valence-corrected chi connectivity index (χ0v) is 17.9. The Bertz CT molecular complexity index is 722. The number of carbonyl (C=O) groups is 2. The quantitative estimate of drug-likeness (QED) is 0.625. The molecule has 25 heavy (non-hydrogen) atoms. The molecule has 0 aromatic rings. The van der Waals surface area contributed by atoms with Crippen molar-refractivity contribution in [3.05, 3.63) is 30.8 Å². The molecule has 0 aromatic carbocycles. The number of carbonyl (C=O) groups excluding carboxylic acids is 2. The molecule has 0 N–H and O–H groups in total. The third-order valence-corrected chi connectivity index (χ3v) is 10.1. The van der Waals surface area contributed by atoms with E-state index in [1.165, 1.54) is 41.4 Å². The molecule has 1 unspecified atom stereocenters. The standard InChI is InChI=1S/C17H20O4S4/c1-9-11-14(24-8-6-22-5-7-23-11)17(2)10(15(18)20-3)12(16(19)21-4)25-13(9)17/h5-8H2,1-4H3. The maximum absolute atomic E-state index is 12.6. The van der Waals surface area contributed by atoms with E-state index in [1.54, 1.807) is 11.8 Å². The van der Waals surface area contributed by atoms with E-state index in [9.17, 15) is 9.59 Å². The summed E-state index contributed by atoms with van der Waals surface area (Å²) >= 11 is 6.99.